The fraction of sp³-hybridized carbons (Fsp3) is 0.692. The highest BCUT2D eigenvalue weighted by Gasteiger charge is 2.29. The molecule has 1 aliphatic heterocycles. The Morgan fingerprint density at radius 1 is 1.35 bits per heavy atom. The van der Waals surface area contributed by atoms with E-state index in [0.717, 1.165) is 23.9 Å². The molecule has 94 valence electrons. The Kier molecular flexibility index (Phi) is 3.62. The highest BCUT2D eigenvalue weighted by Crippen LogP contribution is 2.26. The van der Waals surface area contributed by atoms with Crippen molar-refractivity contribution in [3.05, 3.63) is 17.5 Å². The molecule has 1 aromatic rings. The van der Waals surface area contributed by atoms with Gasteiger partial charge in [-0.15, -0.1) is 0 Å². The lowest BCUT2D eigenvalue weighted by Gasteiger charge is -2.39. The molecule has 2 rings (SSSR count). The van der Waals surface area contributed by atoms with E-state index in [1.807, 2.05) is 19.9 Å². The van der Waals surface area contributed by atoms with Crippen molar-refractivity contribution < 1.29 is 0 Å². The topological polar surface area (TPSA) is 55.0 Å². The van der Waals surface area contributed by atoms with Gasteiger partial charge >= 0.3 is 0 Å². The molecule has 0 spiro atoms. The molecule has 2 unspecified atom stereocenters. The second kappa shape index (κ2) is 5.00. The van der Waals surface area contributed by atoms with Crippen LogP contribution in [0.25, 0.3) is 0 Å². The Balaban J connectivity index is 2.30. The first kappa shape index (κ1) is 12.3. The zero-order chi connectivity index (χ0) is 12.4. The van der Waals surface area contributed by atoms with E-state index in [1.165, 1.54) is 12.8 Å². The summed E-state index contributed by atoms with van der Waals surface area (Å²) in [5, 5.41) is 0. The molecule has 4 heteroatoms. The normalized spacial score (nSPS) is 25.1. The van der Waals surface area contributed by atoms with Gasteiger partial charge in [0.15, 0.2) is 0 Å². The number of nitrogens with zero attached hydrogens (tertiary/aromatic N) is 3. The lowest BCUT2D eigenvalue weighted by Crippen LogP contribution is -2.49. The van der Waals surface area contributed by atoms with Gasteiger partial charge in [-0.05, 0) is 38.7 Å². The van der Waals surface area contributed by atoms with E-state index in [9.17, 15) is 0 Å². The second-order valence-corrected chi connectivity index (χ2v) is 5.07. The van der Waals surface area contributed by atoms with E-state index < -0.39 is 0 Å². The first-order valence-corrected chi connectivity index (χ1v) is 6.41. The zero-order valence-electron chi connectivity index (χ0n) is 11.0. The highest BCUT2D eigenvalue weighted by molar-refractivity contribution is 5.35. The SMILES string of the molecule is Cc1cc(C)nc(N2CCCC(C)C2CN)n1. The monoisotopic (exact) mass is 234 g/mol. The van der Waals surface area contributed by atoms with Crippen LogP contribution in [-0.4, -0.2) is 29.1 Å². The van der Waals surface area contributed by atoms with Crippen molar-refractivity contribution >= 4 is 5.95 Å². The minimum atomic E-state index is 0.380. The number of piperidine rings is 1. The molecular weight excluding hydrogens is 212 g/mol. The van der Waals surface area contributed by atoms with Gasteiger partial charge in [0.2, 0.25) is 5.95 Å². The van der Waals surface area contributed by atoms with Gasteiger partial charge in [0, 0.05) is 30.5 Å². The van der Waals surface area contributed by atoms with Crippen LogP contribution in [0.5, 0.6) is 0 Å². The molecule has 1 aliphatic rings. The standard InChI is InChI=1S/C13H22N4/c1-9-5-4-6-17(12(9)8-14)13-15-10(2)7-11(3)16-13/h7,9,12H,4-6,8,14H2,1-3H3. The third kappa shape index (κ3) is 2.57. The third-order valence-corrected chi connectivity index (χ3v) is 3.58. The van der Waals surface area contributed by atoms with E-state index >= 15 is 0 Å². The summed E-state index contributed by atoms with van der Waals surface area (Å²) in [6, 6.07) is 2.39. The average molecular weight is 234 g/mol. The molecule has 0 aliphatic carbocycles. The number of aromatic nitrogens is 2. The number of anilines is 1. The molecule has 0 aromatic carbocycles. The van der Waals surface area contributed by atoms with Gasteiger partial charge < -0.3 is 10.6 Å². The Bertz CT molecular complexity index is 371. The summed E-state index contributed by atoms with van der Waals surface area (Å²) in [6.07, 6.45) is 2.46. The fourth-order valence-electron chi connectivity index (χ4n) is 2.69. The van der Waals surface area contributed by atoms with Crippen molar-refractivity contribution in [1.82, 2.24) is 9.97 Å². The lowest BCUT2D eigenvalue weighted by atomic mass is 9.91. The van der Waals surface area contributed by atoms with Crippen molar-refractivity contribution in [1.29, 1.82) is 0 Å². The summed E-state index contributed by atoms with van der Waals surface area (Å²) in [4.78, 5) is 11.4. The van der Waals surface area contributed by atoms with Crippen molar-refractivity contribution in [3.8, 4) is 0 Å². The molecule has 4 nitrogen and oxygen atoms in total. The molecule has 1 aromatic heterocycles. The van der Waals surface area contributed by atoms with Crippen LogP contribution >= 0.6 is 0 Å². The molecule has 0 radical (unpaired) electrons. The number of aryl methyl sites for hydroxylation is 2. The summed E-state index contributed by atoms with van der Waals surface area (Å²) in [5.74, 6) is 1.47. The molecule has 0 bridgehead atoms. The summed E-state index contributed by atoms with van der Waals surface area (Å²) in [5.41, 5.74) is 7.96. The maximum Gasteiger partial charge on any atom is 0.226 e. The van der Waals surface area contributed by atoms with Crippen molar-refractivity contribution in [2.24, 2.45) is 11.7 Å². The van der Waals surface area contributed by atoms with E-state index in [-0.39, 0.29) is 0 Å². The third-order valence-electron chi connectivity index (χ3n) is 3.58. The van der Waals surface area contributed by atoms with Crippen molar-refractivity contribution in [2.75, 3.05) is 18.0 Å². The summed E-state index contributed by atoms with van der Waals surface area (Å²) < 4.78 is 0. The first-order valence-electron chi connectivity index (χ1n) is 6.41. The minimum Gasteiger partial charge on any atom is -0.336 e. The van der Waals surface area contributed by atoms with Crippen LogP contribution < -0.4 is 10.6 Å². The number of rotatable bonds is 2. The van der Waals surface area contributed by atoms with Gasteiger partial charge in [-0.2, -0.15) is 0 Å². The van der Waals surface area contributed by atoms with Crippen LogP contribution in [0.2, 0.25) is 0 Å². The van der Waals surface area contributed by atoms with Crippen molar-refractivity contribution in [2.45, 2.75) is 39.7 Å². The van der Waals surface area contributed by atoms with Crippen LogP contribution in [0.1, 0.15) is 31.2 Å². The quantitative estimate of drug-likeness (QED) is 0.845. The van der Waals surface area contributed by atoms with Crippen molar-refractivity contribution in [3.63, 3.8) is 0 Å². The van der Waals surface area contributed by atoms with Crippen LogP contribution in [-0.2, 0) is 0 Å². The summed E-state index contributed by atoms with van der Waals surface area (Å²) >= 11 is 0. The largest absolute Gasteiger partial charge is 0.336 e. The van der Waals surface area contributed by atoms with Gasteiger partial charge in [-0.3, -0.25) is 0 Å². The smallest absolute Gasteiger partial charge is 0.226 e. The minimum absolute atomic E-state index is 0.380. The average Bonchev–Trinajstić information content (AvgIpc) is 2.27. The van der Waals surface area contributed by atoms with E-state index in [2.05, 4.69) is 21.8 Å². The maximum atomic E-state index is 5.90. The molecule has 1 saturated heterocycles. The number of hydrogen-bond donors (Lipinski definition) is 1. The molecule has 0 saturated carbocycles. The Morgan fingerprint density at radius 2 is 2.00 bits per heavy atom. The molecule has 17 heavy (non-hydrogen) atoms. The number of nitrogens with two attached hydrogens (primary N) is 1. The summed E-state index contributed by atoms with van der Waals surface area (Å²) in [6.45, 7) is 8.00. The molecule has 2 atom stereocenters. The zero-order valence-corrected chi connectivity index (χ0v) is 11.0. The second-order valence-electron chi connectivity index (χ2n) is 5.07. The van der Waals surface area contributed by atoms with Crippen LogP contribution in [0.4, 0.5) is 5.95 Å². The van der Waals surface area contributed by atoms with Gasteiger partial charge in [-0.1, -0.05) is 6.92 Å². The van der Waals surface area contributed by atoms with Gasteiger partial charge in [0.1, 0.15) is 0 Å². The Morgan fingerprint density at radius 3 is 2.59 bits per heavy atom. The molecule has 2 heterocycles. The Labute approximate surface area is 103 Å². The Hall–Kier alpha value is -1.16. The molecule has 0 amide bonds. The van der Waals surface area contributed by atoms with Gasteiger partial charge in [0.25, 0.3) is 0 Å². The van der Waals surface area contributed by atoms with E-state index in [0.29, 0.717) is 18.5 Å². The van der Waals surface area contributed by atoms with Crippen LogP contribution in [0.3, 0.4) is 0 Å². The highest BCUT2D eigenvalue weighted by atomic mass is 15.3. The predicted molar refractivity (Wildman–Crippen MR) is 70.1 cm³/mol. The first-order chi connectivity index (χ1) is 8.11. The van der Waals surface area contributed by atoms with E-state index in [1.54, 1.807) is 0 Å². The molecule has 1 fully saturated rings. The maximum absolute atomic E-state index is 5.90. The lowest BCUT2D eigenvalue weighted by molar-refractivity contribution is 0.345. The summed E-state index contributed by atoms with van der Waals surface area (Å²) in [7, 11) is 0. The fourth-order valence-corrected chi connectivity index (χ4v) is 2.69. The molecular formula is C13H22N4. The number of hydrogen-bond acceptors (Lipinski definition) is 4. The van der Waals surface area contributed by atoms with Gasteiger partial charge in [-0.25, -0.2) is 9.97 Å². The van der Waals surface area contributed by atoms with Gasteiger partial charge in [0.05, 0.1) is 0 Å². The predicted octanol–water partition coefficient (Wildman–Crippen LogP) is 1.66. The van der Waals surface area contributed by atoms with Crippen LogP contribution in [0.15, 0.2) is 6.07 Å². The van der Waals surface area contributed by atoms with Crippen LogP contribution in [0, 0.1) is 19.8 Å². The van der Waals surface area contributed by atoms with E-state index in [4.69, 9.17) is 5.73 Å². The molecule has 2 N–H and O–H groups in total.